The van der Waals surface area contributed by atoms with Crippen LogP contribution >= 0.6 is 0 Å². The maximum atomic E-state index is 12.7. The van der Waals surface area contributed by atoms with Gasteiger partial charge in [0.1, 0.15) is 5.75 Å². The van der Waals surface area contributed by atoms with E-state index >= 15 is 0 Å². The summed E-state index contributed by atoms with van der Waals surface area (Å²) in [4.78, 5) is 24.0. The van der Waals surface area contributed by atoms with Gasteiger partial charge in [-0.25, -0.2) is 0 Å². The topological polar surface area (TPSA) is 63.6 Å². The number of ketones is 1. The number of carboxylic acid groups (broad SMARTS) is 1. The first-order valence-electron chi connectivity index (χ1n) is 8.98. The molecule has 26 heavy (non-hydrogen) atoms. The quantitative estimate of drug-likeness (QED) is 0.819. The Hall–Kier alpha value is -2.88. The van der Waals surface area contributed by atoms with Gasteiger partial charge in [-0.2, -0.15) is 0 Å². The molecule has 4 nitrogen and oxygen atoms in total. The predicted octanol–water partition coefficient (Wildman–Crippen LogP) is 4.66. The normalized spacial score (nSPS) is 23.5. The largest absolute Gasteiger partial charge is 0.481 e. The fraction of sp³-hybridized carbons (Fsp3) is 0.273. The lowest BCUT2D eigenvalue weighted by atomic mass is 9.77. The summed E-state index contributed by atoms with van der Waals surface area (Å²) in [5.41, 5.74) is 2.52. The van der Waals surface area contributed by atoms with Crippen molar-refractivity contribution in [1.29, 1.82) is 0 Å². The number of hydrogen-bond acceptors (Lipinski definition) is 3. The smallest absolute Gasteiger partial charge is 0.306 e. The van der Waals surface area contributed by atoms with Crippen molar-refractivity contribution in [2.45, 2.75) is 31.6 Å². The molecule has 0 aromatic heterocycles. The standard InChI is InChI=1S/C22H20O4/c23-21-18-13-16(15-7-4-8-17(12-15)22(24)25)9-10-19(18)26-20(21)11-14-5-2-1-3-6-14/h1-3,5-6,9-11,13,15,17H,4,7-8,12H2,(H,24,25)/b20-11-. The molecule has 1 N–H and O–H groups in total. The molecule has 1 saturated carbocycles. The minimum absolute atomic E-state index is 0.115. The molecule has 132 valence electrons. The lowest BCUT2D eigenvalue weighted by Gasteiger charge is -2.27. The van der Waals surface area contributed by atoms with E-state index in [1.807, 2.05) is 48.5 Å². The van der Waals surface area contributed by atoms with Gasteiger partial charge in [-0.1, -0.05) is 42.8 Å². The number of aliphatic carboxylic acids is 1. The van der Waals surface area contributed by atoms with Crippen molar-refractivity contribution in [3.63, 3.8) is 0 Å². The summed E-state index contributed by atoms with van der Waals surface area (Å²) in [6, 6.07) is 15.3. The second kappa shape index (κ2) is 6.79. The number of hydrogen-bond donors (Lipinski definition) is 1. The summed E-state index contributed by atoms with van der Waals surface area (Å²) < 4.78 is 5.74. The minimum Gasteiger partial charge on any atom is -0.481 e. The van der Waals surface area contributed by atoms with Crippen LogP contribution in [0.5, 0.6) is 5.75 Å². The SMILES string of the molecule is O=C1/C(=C/c2ccccc2)Oc2ccc(C3CCCC(C(=O)O)C3)cc21. The van der Waals surface area contributed by atoms with Crippen molar-refractivity contribution in [2.75, 3.05) is 0 Å². The van der Waals surface area contributed by atoms with Gasteiger partial charge in [0, 0.05) is 0 Å². The number of Topliss-reactive ketones (excluding diaryl/α,β-unsaturated/α-hetero) is 1. The summed E-state index contributed by atoms with van der Waals surface area (Å²) in [5.74, 6) is -0.0332. The van der Waals surface area contributed by atoms with Crippen LogP contribution in [0.4, 0.5) is 0 Å². The monoisotopic (exact) mass is 348 g/mol. The maximum Gasteiger partial charge on any atom is 0.306 e. The highest BCUT2D eigenvalue weighted by Gasteiger charge is 2.31. The molecule has 0 saturated heterocycles. The first-order chi connectivity index (χ1) is 12.6. The molecule has 2 atom stereocenters. The molecular weight excluding hydrogens is 328 g/mol. The van der Waals surface area contributed by atoms with Crippen molar-refractivity contribution in [3.05, 3.63) is 71.0 Å². The van der Waals surface area contributed by atoms with Crippen LogP contribution in [-0.2, 0) is 4.79 Å². The van der Waals surface area contributed by atoms with E-state index in [2.05, 4.69) is 0 Å². The van der Waals surface area contributed by atoms with E-state index in [9.17, 15) is 14.7 Å². The van der Waals surface area contributed by atoms with Crippen molar-refractivity contribution >= 4 is 17.8 Å². The second-order valence-corrected chi connectivity index (χ2v) is 7.00. The zero-order chi connectivity index (χ0) is 18.1. The highest BCUT2D eigenvalue weighted by molar-refractivity contribution is 6.14. The average Bonchev–Trinajstić information content (AvgIpc) is 2.98. The molecule has 2 aromatic rings. The Balaban J connectivity index is 1.59. The lowest BCUT2D eigenvalue weighted by molar-refractivity contribution is -0.143. The number of carbonyl (C=O) groups excluding carboxylic acids is 1. The number of carbonyl (C=O) groups is 2. The zero-order valence-corrected chi connectivity index (χ0v) is 14.4. The van der Waals surface area contributed by atoms with Crippen LogP contribution in [0.2, 0.25) is 0 Å². The molecule has 0 spiro atoms. The Morgan fingerprint density at radius 1 is 1.12 bits per heavy atom. The zero-order valence-electron chi connectivity index (χ0n) is 14.4. The summed E-state index contributed by atoms with van der Waals surface area (Å²) >= 11 is 0. The van der Waals surface area contributed by atoms with Gasteiger partial charge in [0.25, 0.3) is 0 Å². The fourth-order valence-electron chi connectivity index (χ4n) is 3.88. The maximum absolute atomic E-state index is 12.7. The Morgan fingerprint density at radius 3 is 2.69 bits per heavy atom. The third-order valence-corrected chi connectivity index (χ3v) is 5.28. The van der Waals surface area contributed by atoms with Crippen LogP contribution in [0.1, 0.15) is 53.1 Å². The van der Waals surface area contributed by atoms with Gasteiger partial charge in [0.15, 0.2) is 5.76 Å². The first-order valence-corrected chi connectivity index (χ1v) is 8.98. The number of carboxylic acids is 1. The van der Waals surface area contributed by atoms with Gasteiger partial charge in [-0.05, 0) is 54.5 Å². The van der Waals surface area contributed by atoms with E-state index in [-0.39, 0.29) is 17.6 Å². The molecule has 2 unspecified atom stereocenters. The second-order valence-electron chi connectivity index (χ2n) is 7.00. The summed E-state index contributed by atoms with van der Waals surface area (Å²) in [5, 5.41) is 9.29. The highest BCUT2D eigenvalue weighted by Crippen LogP contribution is 2.40. The van der Waals surface area contributed by atoms with Crippen LogP contribution in [0, 0.1) is 5.92 Å². The van der Waals surface area contributed by atoms with E-state index < -0.39 is 5.97 Å². The molecule has 1 aliphatic heterocycles. The molecule has 0 radical (unpaired) electrons. The van der Waals surface area contributed by atoms with Crippen molar-refractivity contribution in [1.82, 2.24) is 0 Å². The molecule has 1 heterocycles. The van der Waals surface area contributed by atoms with Crippen LogP contribution in [0.25, 0.3) is 6.08 Å². The molecule has 2 aromatic carbocycles. The van der Waals surface area contributed by atoms with Crippen molar-refractivity contribution in [2.24, 2.45) is 5.92 Å². The Kier molecular flexibility index (Phi) is 4.33. The Labute approximate surface area is 152 Å². The average molecular weight is 348 g/mol. The number of rotatable bonds is 3. The highest BCUT2D eigenvalue weighted by atomic mass is 16.5. The van der Waals surface area contributed by atoms with Crippen LogP contribution in [0.15, 0.2) is 54.3 Å². The number of allylic oxidation sites excluding steroid dienone is 1. The van der Waals surface area contributed by atoms with E-state index in [0.29, 0.717) is 23.5 Å². The molecule has 2 aliphatic rings. The summed E-state index contributed by atoms with van der Waals surface area (Å²) in [6.45, 7) is 0. The van der Waals surface area contributed by atoms with Crippen molar-refractivity contribution < 1.29 is 19.4 Å². The molecule has 4 rings (SSSR count). The molecule has 1 fully saturated rings. The van der Waals surface area contributed by atoms with Gasteiger partial charge in [0.2, 0.25) is 5.78 Å². The summed E-state index contributed by atoms with van der Waals surface area (Å²) in [6.07, 6.45) is 4.99. The first kappa shape index (κ1) is 16.6. The summed E-state index contributed by atoms with van der Waals surface area (Å²) in [7, 11) is 0. The molecule has 4 heteroatoms. The van der Waals surface area contributed by atoms with Gasteiger partial charge >= 0.3 is 5.97 Å². The van der Waals surface area contributed by atoms with E-state index in [1.54, 1.807) is 6.08 Å². The minimum atomic E-state index is -0.719. The lowest BCUT2D eigenvalue weighted by Crippen LogP contribution is -2.21. The Bertz CT molecular complexity index is 882. The number of benzene rings is 2. The van der Waals surface area contributed by atoms with Crippen LogP contribution in [-0.4, -0.2) is 16.9 Å². The van der Waals surface area contributed by atoms with Gasteiger partial charge in [0.05, 0.1) is 11.5 Å². The Morgan fingerprint density at radius 2 is 1.92 bits per heavy atom. The molecule has 1 aliphatic carbocycles. The van der Waals surface area contributed by atoms with E-state index in [1.165, 1.54) is 0 Å². The van der Waals surface area contributed by atoms with E-state index in [0.717, 1.165) is 30.4 Å². The van der Waals surface area contributed by atoms with Crippen molar-refractivity contribution in [3.8, 4) is 5.75 Å². The third kappa shape index (κ3) is 3.15. The molecule has 0 amide bonds. The van der Waals surface area contributed by atoms with Gasteiger partial charge < -0.3 is 9.84 Å². The van der Waals surface area contributed by atoms with Crippen LogP contribution in [0.3, 0.4) is 0 Å². The number of ether oxygens (including phenoxy) is 1. The number of fused-ring (bicyclic) bond motifs is 1. The van der Waals surface area contributed by atoms with E-state index in [4.69, 9.17) is 4.74 Å². The van der Waals surface area contributed by atoms with Crippen LogP contribution < -0.4 is 4.74 Å². The molecular formula is C22H20O4. The predicted molar refractivity (Wildman–Crippen MR) is 98.2 cm³/mol. The van der Waals surface area contributed by atoms with Gasteiger partial charge in [-0.15, -0.1) is 0 Å². The molecule has 0 bridgehead atoms. The van der Waals surface area contributed by atoms with Gasteiger partial charge in [-0.3, -0.25) is 9.59 Å². The fourth-order valence-corrected chi connectivity index (χ4v) is 3.88. The third-order valence-electron chi connectivity index (χ3n) is 5.28.